The molecule has 3 aromatic rings. The normalized spacial score (nSPS) is 11.6. The van der Waals surface area contributed by atoms with Gasteiger partial charge in [-0.1, -0.05) is 17.7 Å². The third-order valence-corrected chi connectivity index (χ3v) is 6.57. The van der Waals surface area contributed by atoms with Crippen LogP contribution in [0.1, 0.15) is 11.3 Å². The fourth-order valence-corrected chi connectivity index (χ4v) is 4.09. The molecule has 0 atom stereocenters. The third kappa shape index (κ3) is 8.81. The van der Waals surface area contributed by atoms with Crippen LogP contribution in [0.15, 0.2) is 54.7 Å². The van der Waals surface area contributed by atoms with Crippen molar-refractivity contribution in [3.63, 3.8) is 0 Å². The molecule has 0 unspecified atom stereocenters. The number of amides is 1. The van der Waals surface area contributed by atoms with Crippen LogP contribution in [0.4, 0.5) is 29.3 Å². The minimum Gasteiger partial charge on any atom is -0.456 e. The number of alkyl carbamates (subject to hydrolysis) is 1. The fourth-order valence-electron chi connectivity index (χ4n) is 3.48. The smallest absolute Gasteiger partial charge is 0.416 e. The average molecular weight is 602 g/mol. The van der Waals surface area contributed by atoms with Gasteiger partial charge in [-0.25, -0.2) is 13.2 Å². The zero-order valence-electron chi connectivity index (χ0n) is 21.4. The van der Waals surface area contributed by atoms with E-state index in [2.05, 4.69) is 16.0 Å². The number of amidine groups is 1. The summed E-state index contributed by atoms with van der Waals surface area (Å²) in [6.07, 6.45) is -2.52. The summed E-state index contributed by atoms with van der Waals surface area (Å²) >= 11 is 6.31. The first-order chi connectivity index (χ1) is 18.8. The molecule has 0 aliphatic heterocycles. The minimum atomic E-state index is -4.51. The number of benzene rings is 2. The van der Waals surface area contributed by atoms with Crippen LogP contribution < -0.4 is 20.7 Å². The molecule has 0 fully saturated rings. The van der Waals surface area contributed by atoms with E-state index in [1.807, 2.05) is 0 Å². The first kappa shape index (κ1) is 30.6. The molecule has 0 saturated heterocycles. The number of halogens is 4. The van der Waals surface area contributed by atoms with Gasteiger partial charge in [0.25, 0.3) is 0 Å². The molecule has 0 radical (unpaired) electrons. The molecule has 0 saturated carbocycles. The van der Waals surface area contributed by atoms with E-state index < -0.39 is 27.7 Å². The lowest BCUT2D eigenvalue weighted by Crippen LogP contribution is -2.30. The van der Waals surface area contributed by atoms with Crippen LogP contribution in [0.25, 0.3) is 0 Å². The van der Waals surface area contributed by atoms with E-state index in [0.29, 0.717) is 17.1 Å². The van der Waals surface area contributed by atoms with Crippen molar-refractivity contribution in [2.24, 2.45) is 0 Å². The summed E-state index contributed by atoms with van der Waals surface area (Å²) in [5, 5.41) is 17.2. The molecule has 1 aromatic heterocycles. The van der Waals surface area contributed by atoms with E-state index in [-0.39, 0.29) is 47.8 Å². The highest BCUT2D eigenvalue weighted by atomic mass is 35.5. The summed E-state index contributed by atoms with van der Waals surface area (Å²) in [5.74, 6) is -0.187. The summed E-state index contributed by atoms with van der Waals surface area (Å²) in [5.41, 5.74) is 0.669. The van der Waals surface area contributed by atoms with Crippen molar-refractivity contribution in [1.29, 1.82) is 5.41 Å². The lowest BCUT2D eigenvalue weighted by atomic mass is 10.2. The molecule has 3 rings (SSSR count). The standard InChI is InChI=1S/C25H27ClF3N5O5S/c1-31-20-8-10-34(11-9-32-24(35)38-12-13-40(2,36)37)22(20)23(30)33-17-6-7-21(19(26)15-17)39-18-5-3-4-16(14-18)25(27,28)29/h3-8,10,14-15,31H,9,11-13H2,1-2H3,(H2,30,33)(H,32,35). The van der Waals surface area contributed by atoms with E-state index in [9.17, 15) is 26.4 Å². The van der Waals surface area contributed by atoms with Crippen LogP contribution in [0.3, 0.4) is 0 Å². The number of nitrogens with one attached hydrogen (secondary N) is 4. The number of ether oxygens (including phenoxy) is 2. The molecular formula is C25H27ClF3N5O5S. The molecule has 216 valence electrons. The van der Waals surface area contributed by atoms with E-state index in [4.69, 9.17) is 26.5 Å². The zero-order valence-corrected chi connectivity index (χ0v) is 23.0. The predicted molar refractivity (Wildman–Crippen MR) is 146 cm³/mol. The summed E-state index contributed by atoms with van der Waals surface area (Å²) in [6.45, 7) is 0.153. The van der Waals surface area contributed by atoms with Crippen molar-refractivity contribution in [3.8, 4) is 11.5 Å². The number of carbonyl (C=O) groups is 1. The molecule has 10 nitrogen and oxygen atoms in total. The van der Waals surface area contributed by atoms with Crippen LogP contribution >= 0.6 is 11.6 Å². The molecule has 1 amide bonds. The summed E-state index contributed by atoms with van der Waals surface area (Å²) in [6, 6.07) is 10.7. The van der Waals surface area contributed by atoms with Gasteiger partial charge >= 0.3 is 12.3 Å². The Morgan fingerprint density at radius 1 is 1.15 bits per heavy atom. The summed E-state index contributed by atoms with van der Waals surface area (Å²) in [7, 11) is -1.56. The van der Waals surface area contributed by atoms with Crippen molar-refractivity contribution in [2.45, 2.75) is 12.7 Å². The largest absolute Gasteiger partial charge is 0.456 e. The quantitative estimate of drug-likeness (QED) is 0.175. The number of nitrogens with zero attached hydrogens (tertiary/aromatic N) is 1. The lowest BCUT2D eigenvalue weighted by Gasteiger charge is -2.16. The van der Waals surface area contributed by atoms with Crippen LogP contribution in [-0.2, 0) is 27.3 Å². The van der Waals surface area contributed by atoms with E-state index in [1.54, 1.807) is 29.9 Å². The number of aromatic nitrogens is 1. The maximum absolute atomic E-state index is 13.0. The van der Waals surface area contributed by atoms with E-state index >= 15 is 0 Å². The first-order valence-electron chi connectivity index (χ1n) is 11.7. The maximum Gasteiger partial charge on any atom is 0.416 e. The molecule has 0 spiro atoms. The minimum absolute atomic E-state index is 0.00677. The van der Waals surface area contributed by atoms with Crippen molar-refractivity contribution in [2.75, 3.05) is 42.8 Å². The highest BCUT2D eigenvalue weighted by molar-refractivity contribution is 7.90. The Bertz CT molecular complexity index is 1480. The molecule has 40 heavy (non-hydrogen) atoms. The number of carbonyl (C=O) groups excluding carboxylic acids is 1. The molecule has 2 aromatic carbocycles. The van der Waals surface area contributed by atoms with Gasteiger partial charge in [-0.3, -0.25) is 5.41 Å². The van der Waals surface area contributed by atoms with Gasteiger partial charge in [-0.2, -0.15) is 13.2 Å². The summed E-state index contributed by atoms with van der Waals surface area (Å²) in [4.78, 5) is 11.8. The SMILES string of the molecule is CNc1ccn(CCNC(=O)OCCS(C)(=O)=O)c1C(=N)Nc1ccc(Oc2cccc(C(F)(F)F)c2)c(Cl)c1. The second-order valence-corrected chi connectivity index (χ2v) is 11.2. The highest BCUT2D eigenvalue weighted by Gasteiger charge is 2.30. The van der Waals surface area contributed by atoms with E-state index in [1.165, 1.54) is 24.3 Å². The molecule has 1 heterocycles. The average Bonchev–Trinajstić information content (AvgIpc) is 3.27. The van der Waals surface area contributed by atoms with E-state index in [0.717, 1.165) is 18.4 Å². The van der Waals surface area contributed by atoms with Crippen molar-refractivity contribution < 1.29 is 35.9 Å². The monoisotopic (exact) mass is 601 g/mol. The van der Waals surface area contributed by atoms with Gasteiger partial charge in [0.05, 0.1) is 22.0 Å². The maximum atomic E-state index is 13.0. The number of sulfone groups is 1. The number of hydrogen-bond acceptors (Lipinski definition) is 7. The molecule has 15 heteroatoms. The van der Waals surface area contributed by atoms with Crippen LogP contribution in [0, 0.1) is 5.41 Å². The molecule has 0 bridgehead atoms. The van der Waals surface area contributed by atoms with Gasteiger partial charge in [0.15, 0.2) is 9.84 Å². The van der Waals surface area contributed by atoms with Gasteiger partial charge in [0, 0.05) is 38.3 Å². The number of anilines is 2. The van der Waals surface area contributed by atoms with Crippen molar-refractivity contribution in [1.82, 2.24) is 9.88 Å². The van der Waals surface area contributed by atoms with Gasteiger partial charge in [0.2, 0.25) is 0 Å². The van der Waals surface area contributed by atoms with Gasteiger partial charge in [0.1, 0.15) is 29.6 Å². The molecule has 0 aliphatic rings. The predicted octanol–water partition coefficient (Wildman–Crippen LogP) is 5.20. The second kappa shape index (κ2) is 13.0. The van der Waals surface area contributed by atoms with Crippen LogP contribution in [0.5, 0.6) is 11.5 Å². The fraction of sp³-hybridized carbons (Fsp3) is 0.280. The number of alkyl halides is 3. The van der Waals surface area contributed by atoms with Crippen LogP contribution in [-0.4, -0.2) is 57.1 Å². The Morgan fingerprint density at radius 2 is 1.90 bits per heavy atom. The van der Waals surface area contributed by atoms with Gasteiger partial charge in [-0.05, 0) is 42.5 Å². The van der Waals surface area contributed by atoms with Gasteiger partial charge in [-0.15, -0.1) is 0 Å². The van der Waals surface area contributed by atoms with Crippen LogP contribution in [0.2, 0.25) is 5.02 Å². The Labute approximate surface area is 233 Å². The molecule has 4 N–H and O–H groups in total. The lowest BCUT2D eigenvalue weighted by molar-refractivity contribution is -0.137. The number of hydrogen-bond donors (Lipinski definition) is 4. The van der Waals surface area contributed by atoms with Gasteiger partial charge < -0.3 is 30.0 Å². The zero-order chi connectivity index (χ0) is 29.5. The second-order valence-electron chi connectivity index (χ2n) is 8.49. The number of rotatable bonds is 11. The molecule has 0 aliphatic carbocycles. The topological polar surface area (TPSA) is 135 Å². The highest BCUT2D eigenvalue weighted by Crippen LogP contribution is 2.35. The molecular weight excluding hydrogens is 575 g/mol. The third-order valence-electron chi connectivity index (χ3n) is 5.37. The Balaban J connectivity index is 1.64. The Hall–Kier alpha value is -3.91. The van der Waals surface area contributed by atoms with Crippen molar-refractivity contribution >= 4 is 44.7 Å². The Morgan fingerprint density at radius 3 is 2.55 bits per heavy atom. The first-order valence-corrected chi connectivity index (χ1v) is 14.2. The Kier molecular flexibility index (Phi) is 9.93. The summed E-state index contributed by atoms with van der Waals surface area (Å²) < 4.78 is 73.3. The van der Waals surface area contributed by atoms with Crippen molar-refractivity contribution in [3.05, 3.63) is 71.0 Å².